The predicted molar refractivity (Wildman–Crippen MR) is 117 cm³/mol. The van der Waals surface area contributed by atoms with Crippen LogP contribution in [-0.2, 0) is 11.3 Å². The van der Waals surface area contributed by atoms with E-state index >= 15 is 0 Å². The number of nitrogens with zero attached hydrogens (tertiary/aromatic N) is 3. The number of anilines is 1. The summed E-state index contributed by atoms with van der Waals surface area (Å²) in [4.78, 5) is 12.3. The fraction of sp³-hybridized carbons (Fsp3) is 0.250. The molecule has 164 valence electrons. The number of carbonyl (C=O) groups excluding carboxylic acids is 1. The van der Waals surface area contributed by atoms with Crippen LogP contribution >= 0.6 is 35.0 Å². The number of ether oxygens (including phenoxy) is 1. The Bertz CT molecular complexity index is 1100. The summed E-state index contributed by atoms with van der Waals surface area (Å²) in [5.74, 6) is -1.34. The van der Waals surface area contributed by atoms with Gasteiger partial charge >= 0.3 is 0 Å². The van der Waals surface area contributed by atoms with E-state index < -0.39 is 17.7 Å². The van der Waals surface area contributed by atoms with Crippen molar-refractivity contribution in [3.8, 4) is 5.75 Å². The number of hydrogen-bond donors (Lipinski definition) is 1. The lowest BCUT2D eigenvalue weighted by molar-refractivity contribution is -0.113. The third-order valence-corrected chi connectivity index (χ3v) is 5.68. The number of benzene rings is 2. The molecular weight excluding hydrogens is 469 g/mol. The molecule has 0 saturated carbocycles. The van der Waals surface area contributed by atoms with Crippen molar-refractivity contribution < 1.29 is 18.3 Å². The summed E-state index contributed by atoms with van der Waals surface area (Å²) >= 11 is 13.1. The van der Waals surface area contributed by atoms with Crippen LogP contribution in [0.25, 0.3) is 0 Å². The molecule has 0 aliphatic heterocycles. The number of rotatable bonds is 8. The Kier molecular flexibility index (Phi) is 7.74. The van der Waals surface area contributed by atoms with Gasteiger partial charge in [-0.1, -0.05) is 35.0 Å². The van der Waals surface area contributed by atoms with E-state index in [-0.39, 0.29) is 17.4 Å². The molecule has 3 rings (SSSR count). The van der Waals surface area contributed by atoms with Gasteiger partial charge < -0.3 is 14.6 Å². The first-order valence-electron chi connectivity index (χ1n) is 9.21. The molecule has 0 saturated heterocycles. The van der Waals surface area contributed by atoms with E-state index in [1.807, 2.05) is 6.92 Å². The molecule has 1 heterocycles. The van der Waals surface area contributed by atoms with Crippen molar-refractivity contribution in [3.05, 3.63) is 63.9 Å². The van der Waals surface area contributed by atoms with Gasteiger partial charge in [-0.2, -0.15) is 0 Å². The summed E-state index contributed by atoms with van der Waals surface area (Å²) in [6.45, 7) is 4.08. The molecule has 2 aromatic carbocycles. The number of amides is 1. The van der Waals surface area contributed by atoms with Crippen LogP contribution < -0.4 is 10.1 Å². The Labute approximate surface area is 191 Å². The first kappa shape index (κ1) is 23.3. The summed E-state index contributed by atoms with van der Waals surface area (Å²) in [7, 11) is 0. The molecule has 6 nitrogen and oxygen atoms in total. The van der Waals surface area contributed by atoms with Crippen LogP contribution in [0.2, 0.25) is 10.0 Å². The fourth-order valence-corrected chi connectivity index (χ4v) is 3.99. The average Bonchev–Trinajstić information content (AvgIpc) is 3.13. The summed E-state index contributed by atoms with van der Waals surface area (Å²) in [6.07, 6.45) is -0.650. The molecule has 11 heteroatoms. The second-order valence-electron chi connectivity index (χ2n) is 6.38. The van der Waals surface area contributed by atoms with Crippen LogP contribution in [0.1, 0.15) is 25.8 Å². The minimum atomic E-state index is -0.804. The molecule has 1 atom stereocenters. The second kappa shape index (κ2) is 10.3. The van der Waals surface area contributed by atoms with E-state index in [0.29, 0.717) is 33.3 Å². The Morgan fingerprint density at radius 1 is 1.23 bits per heavy atom. The van der Waals surface area contributed by atoms with Gasteiger partial charge in [-0.3, -0.25) is 4.79 Å². The van der Waals surface area contributed by atoms with Gasteiger partial charge in [0.15, 0.2) is 28.7 Å². The van der Waals surface area contributed by atoms with E-state index in [9.17, 15) is 13.6 Å². The summed E-state index contributed by atoms with van der Waals surface area (Å²) in [5.41, 5.74) is 0.456. The first-order valence-corrected chi connectivity index (χ1v) is 10.9. The SMILES string of the molecule is CCn1c(SCC(=O)Nc2ccc(Cl)cc2Cl)nnc1C(C)Oc1ccc(F)cc1F. The van der Waals surface area contributed by atoms with Gasteiger partial charge in [0, 0.05) is 17.6 Å². The van der Waals surface area contributed by atoms with Gasteiger partial charge in [0.2, 0.25) is 5.91 Å². The maximum absolute atomic E-state index is 13.9. The highest BCUT2D eigenvalue weighted by atomic mass is 35.5. The topological polar surface area (TPSA) is 69.0 Å². The number of aromatic nitrogens is 3. The molecule has 0 fully saturated rings. The molecule has 31 heavy (non-hydrogen) atoms. The van der Waals surface area contributed by atoms with Crippen LogP contribution in [0.5, 0.6) is 5.75 Å². The third kappa shape index (κ3) is 5.87. The number of thioether (sulfide) groups is 1. The lowest BCUT2D eigenvalue weighted by Crippen LogP contribution is -2.15. The van der Waals surface area contributed by atoms with Gasteiger partial charge in [0.25, 0.3) is 0 Å². The quantitative estimate of drug-likeness (QED) is 0.410. The van der Waals surface area contributed by atoms with Crippen LogP contribution in [0.3, 0.4) is 0 Å². The van der Waals surface area contributed by atoms with Crippen molar-refractivity contribution in [1.82, 2.24) is 14.8 Å². The van der Waals surface area contributed by atoms with Gasteiger partial charge in [-0.05, 0) is 44.2 Å². The van der Waals surface area contributed by atoms with Crippen molar-refractivity contribution >= 4 is 46.6 Å². The molecule has 0 aliphatic carbocycles. The zero-order valence-electron chi connectivity index (χ0n) is 16.5. The Morgan fingerprint density at radius 2 is 2.00 bits per heavy atom. The van der Waals surface area contributed by atoms with E-state index in [0.717, 1.165) is 12.1 Å². The summed E-state index contributed by atoms with van der Waals surface area (Å²) in [6, 6.07) is 7.86. The van der Waals surface area contributed by atoms with Gasteiger partial charge in [-0.15, -0.1) is 10.2 Å². The average molecular weight is 487 g/mol. The molecule has 1 amide bonds. The lowest BCUT2D eigenvalue weighted by atomic mass is 10.3. The molecule has 0 spiro atoms. The van der Waals surface area contributed by atoms with Crippen molar-refractivity contribution in [1.29, 1.82) is 0 Å². The number of halogens is 4. The highest BCUT2D eigenvalue weighted by molar-refractivity contribution is 7.99. The largest absolute Gasteiger partial charge is 0.480 e. The Balaban J connectivity index is 1.65. The minimum Gasteiger partial charge on any atom is -0.480 e. The number of carbonyl (C=O) groups is 1. The third-order valence-electron chi connectivity index (χ3n) is 4.16. The fourth-order valence-electron chi connectivity index (χ4n) is 2.73. The van der Waals surface area contributed by atoms with Crippen LogP contribution in [0.4, 0.5) is 14.5 Å². The van der Waals surface area contributed by atoms with E-state index in [4.69, 9.17) is 27.9 Å². The van der Waals surface area contributed by atoms with Crippen molar-refractivity contribution in [2.24, 2.45) is 0 Å². The molecule has 0 radical (unpaired) electrons. The summed E-state index contributed by atoms with van der Waals surface area (Å²) in [5, 5.41) is 12.3. The molecule has 1 unspecified atom stereocenters. The van der Waals surface area contributed by atoms with E-state index in [1.165, 1.54) is 23.9 Å². The Morgan fingerprint density at radius 3 is 2.68 bits per heavy atom. The van der Waals surface area contributed by atoms with Crippen LogP contribution in [-0.4, -0.2) is 26.4 Å². The number of nitrogens with one attached hydrogen (secondary N) is 1. The molecule has 0 bridgehead atoms. The van der Waals surface area contributed by atoms with Crippen LogP contribution in [0, 0.1) is 11.6 Å². The first-order chi connectivity index (χ1) is 14.8. The van der Waals surface area contributed by atoms with Crippen molar-refractivity contribution in [2.75, 3.05) is 11.1 Å². The smallest absolute Gasteiger partial charge is 0.234 e. The molecule has 3 aromatic rings. The zero-order chi connectivity index (χ0) is 22.5. The minimum absolute atomic E-state index is 0.0684. The maximum Gasteiger partial charge on any atom is 0.234 e. The molecule has 1 aromatic heterocycles. The standard InChI is InChI=1S/C20H18Cl2F2N4O2S/c1-3-28-19(11(2)30-17-7-5-13(23)9-15(17)24)26-27-20(28)31-10-18(29)25-16-6-4-12(21)8-14(16)22/h4-9,11H,3,10H2,1-2H3,(H,25,29). The van der Waals surface area contributed by atoms with Crippen molar-refractivity contribution in [3.63, 3.8) is 0 Å². The van der Waals surface area contributed by atoms with E-state index in [1.54, 1.807) is 23.6 Å². The van der Waals surface area contributed by atoms with Gasteiger partial charge in [0.05, 0.1) is 16.5 Å². The van der Waals surface area contributed by atoms with Crippen molar-refractivity contribution in [2.45, 2.75) is 31.7 Å². The lowest BCUT2D eigenvalue weighted by Gasteiger charge is -2.16. The molecule has 1 N–H and O–H groups in total. The predicted octanol–water partition coefficient (Wildman–Crippen LogP) is 5.75. The van der Waals surface area contributed by atoms with Crippen LogP contribution in [0.15, 0.2) is 41.6 Å². The summed E-state index contributed by atoms with van der Waals surface area (Å²) < 4.78 is 34.3. The highest BCUT2D eigenvalue weighted by Gasteiger charge is 2.21. The molecule has 0 aliphatic rings. The van der Waals surface area contributed by atoms with E-state index in [2.05, 4.69) is 15.5 Å². The monoisotopic (exact) mass is 486 g/mol. The normalized spacial score (nSPS) is 11.9. The highest BCUT2D eigenvalue weighted by Crippen LogP contribution is 2.28. The Hall–Kier alpha value is -2.36. The molecular formula is C20H18Cl2F2N4O2S. The number of hydrogen-bond acceptors (Lipinski definition) is 5. The zero-order valence-corrected chi connectivity index (χ0v) is 18.9. The maximum atomic E-state index is 13.9. The van der Waals surface area contributed by atoms with Gasteiger partial charge in [0.1, 0.15) is 5.82 Å². The van der Waals surface area contributed by atoms with Gasteiger partial charge in [-0.25, -0.2) is 8.78 Å². The second-order valence-corrected chi connectivity index (χ2v) is 8.17.